The number of nitrogens with zero attached hydrogens (tertiary/aromatic N) is 1. The molecule has 2 amide bonds. The molecule has 1 aromatic rings. The zero-order valence-corrected chi connectivity index (χ0v) is 19.7. The smallest absolute Gasteiger partial charge is 0.341 e. The van der Waals surface area contributed by atoms with Gasteiger partial charge >= 0.3 is 11.9 Å². The summed E-state index contributed by atoms with van der Waals surface area (Å²) in [7, 11) is 0. The molecule has 1 aromatic carbocycles. The van der Waals surface area contributed by atoms with Crippen molar-refractivity contribution in [2.24, 2.45) is 0 Å². The van der Waals surface area contributed by atoms with E-state index in [0.717, 1.165) is 5.57 Å². The van der Waals surface area contributed by atoms with Crippen molar-refractivity contribution in [1.29, 1.82) is 0 Å². The number of hydrogen-bond donors (Lipinski definition) is 2. The maximum absolute atomic E-state index is 12.6. The lowest BCUT2D eigenvalue weighted by atomic mass is 9.92. The monoisotopic (exact) mass is 496 g/mol. The van der Waals surface area contributed by atoms with Gasteiger partial charge in [0.05, 0.1) is 15.6 Å². The van der Waals surface area contributed by atoms with Gasteiger partial charge in [0.1, 0.15) is 18.2 Å². The number of benzene rings is 1. The fraction of sp³-hybridized carbons (Fsp3) is 0.478. The van der Waals surface area contributed by atoms with Crippen LogP contribution in [0.15, 0.2) is 29.8 Å². The predicted molar refractivity (Wildman–Crippen MR) is 122 cm³/mol. The van der Waals surface area contributed by atoms with Crippen molar-refractivity contribution in [1.82, 2.24) is 10.2 Å². The first-order valence-corrected chi connectivity index (χ1v) is 11.6. The molecule has 0 bridgehead atoms. The number of hydrogen-bond acceptors (Lipinski definition) is 5. The Balaban J connectivity index is 1.57. The van der Waals surface area contributed by atoms with Gasteiger partial charge in [-0.3, -0.25) is 9.59 Å². The molecule has 0 radical (unpaired) electrons. The Bertz CT molecular complexity index is 959. The Morgan fingerprint density at radius 3 is 2.48 bits per heavy atom. The van der Waals surface area contributed by atoms with E-state index in [2.05, 4.69) is 5.32 Å². The zero-order valence-electron chi connectivity index (χ0n) is 18.2. The molecule has 1 saturated heterocycles. The van der Waals surface area contributed by atoms with Gasteiger partial charge in [-0.25, -0.2) is 9.59 Å². The lowest BCUT2D eigenvalue weighted by Gasteiger charge is -2.26. The van der Waals surface area contributed by atoms with Crippen LogP contribution in [0.5, 0.6) is 0 Å². The number of rotatable bonds is 7. The Morgan fingerprint density at radius 1 is 1.21 bits per heavy atom. The van der Waals surface area contributed by atoms with Crippen LogP contribution >= 0.6 is 23.2 Å². The fourth-order valence-electron chi connectivity index (χ4n) is 4.21. The number of amides is 2. The Kier molecular flexibility index (Phi) is 8.37. The second-order valence-corrected chi connectivity index (χ2v) is 9.05. The third kappa shape index (κ3) is 6.26. The molecule has 0 saturated carbocycles. The van der Waals surface area contributed by atoms with Gasteiger partial charge in [0.15, 0.2) is 0 Å². The van der Waals surface area contributed by atoms with Gasteiger partial charge < -0.3 is 20.1 Å². The molecule has 3 rings (SSSR count). The number of ether oxygens (including phenoxy) is 1. The van der Waals surface area contributed by atoms with Gasteiger partial charge in [-0.15, -0.1) is 0 Å². The lowest BCUT2D eigenvalue weighted by Crippen LogP contribution is -2.50. The first-order valence-electron chi connectivity index (χ1n) is 10.8. The van der Waals surface area contributed by atoms with Gasteiger partial charge in [0, 0.05) is 19.9 Å². The van der Waals surface area contributed by atoms with E-state index in [4.69, 9.17) is 27.9 Å². The van der Waals surface area contributed by atoms with Crippen molar-refractivity contribution < 1.29 is 29.0 Å². The van der Waals surface area contributed by atoms with E-state index in [0.29, 0.717) is 38.6 Å². The standard InChI is InChI=1S/C23H26Cl2N2O6/c1-13(28)27-11-3-6-19(27)21(29)26-18(22(30)31)12-14-7-9-15(10-8-14)33-23(32)20-16(24)4-2-5-17(20)25/h2,4-5,7,15,18-19H,3,6,8-12H2,1H3,(H,26,29)(H,30,31). The quantitative estimate of drug-likeness (QED) is 0.440. The summed E-state index contributed by atoms with van der Waals surface area (Å²) in [5.74, 6) is -2.39. The molecule has 33 heavy (non-hydrogen) atoms. The van der Waals surface area contributed by atoms with Crippen molar-refractivity contribution in [3.63, 3.8) is 0 Å². The number of carboxylic acid groups (broad SMARTS) is 1. The summed E-state index contributed by atoms with van der Waals surface area (Å²) in [5, 5.41) is 12.6. The van der Waals surface area contributed by atoms with E-state index in [1.54, 1.807) is 18.2 Å². The van der Waals surface area contributed by atoms with Crippen LogP contribution in [-0.2, 0) is 19.1 Å². The highest BCUT2D eigenvalue weighted by Crippen LogP contribution is 2.29. The zero-order chi connectivity index (χ0) is 24.1. The van der Waals surface area contributed by atoms with Crippen molar-refractivity contribution in [2.75, 3.05) is 6.54 Å². The average Bonchev–Trinajstić information content (AvgIpc) is 3.25. The van der Waals surface area contributed by atoms with Gasteiger partial charge in [-0.1, -0.05) is 40.9 Å². The van der Waals surface area contributed by atoms with Gasteiger partial charge in [0.25, 0.3) is 0 Å². The average molecular weight is 497 g/mol. The minimum absolute atomic E-state index is 0.121. The number of carbonyl (C=O) groups excluding carboxylic acids is 3. The molecule has 2 aliphatic rings. The van der Waals surface area contributed by atoms with Gasteiger partial charge in [-0.2, -0.15) is 0 Å². The summed E-state index contributed by atoms with van der Waals surface area (Å²) in [6.07, 6.45) is 4.29. The SMILES string of the molecule is CC(=O)N1CCCC1C(=O)NC(CC1=CCC(OC(=O)c2c(Cl)cccc2Cl)CC1)C(=O)O. The van der Waals surface area contributed by atoms with Crippen molar-refractivity contribution in [3.05, 3.63) is 45.5 Å². The number of carbonyl (C=O) groups is 4. The van der Waals surface area contributed by atoms with Crippen LogP contribution in [0.25, 0.3) is 0 Å². The molecule has 0 aromatic heterocycles. The molecule has 1 aliphatic carbocycles. The highest BCUT2D eigenvalue weighted by Gasteiger charge is 2.35. The normalized spacial score (nSPS) is 21.2. The van der Waals surface area contributed by atoms with Crippen LogP contribution in [0.3, 0.4) is 0 Å². The number of esters is 1. The van der Waals surface area contributed by atoms with E-state index < -0.39 is 29.9 Å². The van der Waals surface area contributed by atoms with Crippen molar-refractivity contribution in [2.45, 2.75) is 63.6 Å². The molecular formula is C23H26Cl2N2O6. The first-order chi connectivity index (χ1) is 15.7. The maximum atomic E-state index is 12.6. The van der Waals surface area contributed by atoms with Crippen LogP contribution in [0.4, 0.5) is 0 Å². The van der Waals surface area contributed by atoms with Crippen LogP contribution in [0, 0.1) is 0 Å². The molecule has 3 unspecified atom stereocenters. The topological polar surface area (TPSA) is 113 Å². The summed E-state index contributed by atoms with van der Waals surface area (Å²) >= 11 is 12.1. The number of nitrogens with one attached hydrogen (secondary N) is 1. The van der Waals surface area contributed by atoms with Gasteiger partial charge in [0.2, 0.25) is 11.8 Å². The highest BCUT2D eigenvalue weighted by molar-refractivity contribution is 6.39. The van der Waals surface area contributed by atoms with E-state index >= 15 is 0 Å². The molecule has 1 aliphatic heterocycles. The summed E-state index contributed by atoms with van der Waals surface area (Å²) in [6, 6.07) is 3.03. The number of carboxylic acids is 1. The molecule has 1 heterocycles. The van der Waals surface area contributed by atoms with E-state index in [1.165, 1.54) is 11.8 Å². The molecular weight excluding hydrogens is 471 g/mol. The van der Waals surface area contributed by atoms with E-state index in [1.807, 2.05) is 6.08 Å². The Morgan fingerprint density at radius 2 is 1.91 bits per heavy atom. The number of likely N-dealkylation sites (tertiary alicyclic amines) is 1. The molecule has 3 atom stereocenters. The molecule has 2 N–H and O–H groups in total. The second kappa shape index (κ2) is 11.0. The fourth-order valence-corrected chi connectivity index (χ4v) is 4.76. The molecule has 0 spiro atoms. The van der Waals surface area contributed by atoms with E-state index in [9.17, 15) is 24.3 Å². The minimum atomic E-state index is -1.14. The second-order valence-electron chi connectivity index (χ2n) is 8.23. The van der Waals surface area contributed by atoms with Crippen molar-refractivity contribution >= 4 is 47.0 Å². The summed E-state index contributed by atoms with van der Waals surface area (Å²) < 4.78 is 5.53. The Labute approximate surface area is 201 Å². The minimum Gasteiger partial charge on any atom is -0.480 e. The molecule has 8 nitrogen and oxygen atoms in total. The van der Waals surface area contributed by atoms with Crippen LogP contribution in [0.2, 0.25) is 10.0 Å². The van der Waals surface area contributed by atoms with Crippen LogP contribution in [-0.4, -0.2) is 58.5 Å². The third-order valence-electron chi connectivity index (χ3n) is 5.94. The predicted octanol–water partition coefficient (Wildman–Crippen LogP) is 3.60. The largest absolute Gasteiger partial charge is 0.480 e. The third-order valence-corrected chi connectivity index (χ3v) is 6.57. The molecule has 1 fully saturated rings. The van der Waals surface area contributed by atoms with E-state index in [-0.39, 0.29) is 34.0 Å². The van der Waals surface area contributed by atoms with Crippen LogP contribution < -0.4 is 5.32 Å². The van der Waals surface area contributed by atoms with Crippen LogP contribution in [0.1, 0.15) is 55.8 Å². The van der Waals surface area contributed by atoms with Crippen molar-refractivity contribution in [3.8, 4) is 0 Å². The maximum Gasteiger partial charge on any atom is 0.341 e. The summed E-state index contributed by atoms with van der Waals surface area (Å²) in [4.78, 5) is 50.0. The molecule has 10 heteroatoms. The summed E-state index contributed by atoms with van der Waals surface area (Å²) in [6.45, 7) is 1.89. The molecule has 178 valence electrons. The lowest BCUT2D eigenvalue weighted by molar-refractivity contribution is -0.143. The highest BCUT2D eigenvalue weighted by atomic mass is 35.5. The van der Waals surface area contributed by atoms with Gasteiger partial charge in [-0.05, 0) is 44.2 Å². The number of halogens is 2. The Hall–Kier alpha value is -2.58. The summed E-state index contributed by atoms with van der Waals surface area (Å²) in [5.41, 5.74) is 0.983. The first kappa shape index (κ1) is 25.1. The number of aliphatic carboxylic acids is 1.